The number of fused-ring (bicyclic) bond motifs is 2. The summed E-state index contributed by atoms with van der Waals surface area (Å²) in [4.78, 5) is 17.0. The second-order valence-electron chi connectivity index (χ2n) is 13.2. The van der Waals surface area contributed by atoms with Crippen LogP contribution in [0.2, 0.25) is 0 Å². The van der Waals surface area contributed by atoms with Crippen molar-refractivity contribution in [1.82, 2.24) is 10.2 Å². The Kier molecular flexibility index (Phi) is 8.31. The molecule has 2 saturated carbocycles. The Morgan fingerprint density at radius 1 is 0.976 bits per heavy atom. The summed E-state index contributed by atoms with van der Waals surface area (Å²) in [6.07, 6.45) is 9.10. The van der Waals surface area contributed by atoms with Crippen molar-refractivity contribution in [1.29, 1.82) is 0 Å². The molecule has 1 heterocycles. The van der Waals surface area contributed by atoms with Gasteiger partial charge in [-0.2, -0.15) is 0 Å². The number of nitrogens with one attached hydrogen (secondary N) is 1. The fourth-order valence-corrected chi connectivity index (χ4v) is 8.50. The van der Waals surface area contributed by atoms with E-state index in [0.717, 1.165) is 82.2 Å². The van der Waals surface area contributed by atoms with Gasteiger partial charge in [0.2, 0.25) is 5.91 Å². The SMILES string of the molecule is COc1ccc(C2(C(=O)N[C@@H]3C[C@@H]4C[C@](c5cccc(O)c5)(C3)[C@@H](C)CN4CCCc3ccccc3)CCCC2)cc1. The first kappa shape index (κ1) is 28.8. The van der Waals surface area contributed by atoms with E-state index >= 15 is 0 Å². The lowest BCUT2D eigenvalue weighted by molar-refractivity contribution is -0.128. The first-order valence-electron chi connectivity index (χ1n) is 15.9. The van der Waals surface area contributed by atoms with Crippen molar-refractivity contribution < 1.29 is 14.6 Å². The number of nitrogens with zero attached hydrogens (tertiary/aromatic N) is 1. The zero-order chi connectivity index (χ0) is 29.2. The van der Waals surface area contributed by atoms with Gasteiger partial charge in [0, 0.05) is 24.0 Å². The van der Waals surface area contributed by atoms with E-state index in [1.807, 2.05) is 24.3 Å². The molecule has 5 nitrogen and oxygen atoms in total. The number of amides is 1. The van der Waals surface area contributed by atoms with Crippen LogP contribution in [0.5, 0.6) is 11.5 Å². The normalized spacial score (nSPS) is 27.0. The highest BCUT2D eigenvalue weighted by Crippen LogP contribution is 2.51. The highest BCUT2D eigenvalue weighted by Gasteiger charge is 2.52. The zero-order valence-corrected chi connectivity index (χ0v) is 25.2. The van der Waals surface area contributed by atoms with Gasteiger partial charge in [0.25, 0.3) is 0 Å². The van der Waals surface area contributed by atoms with Crippen LogP contribution in [0, 0.1) is 5.92 Å². The van der Waals surface area contributed by atoms with Gasteiger partial charge in [-0.3, -0.25) is 9.69 Å². The molecule has 6 rings (SSSR count). The van der Waals surface area contributed by atoms with Gasteiger partial charge in [0.05, 0.1) is 12.5 Å². The van der Waals surface area contributed by atoms with Crippen molar-refractivity contribution in [2.75, 3.05) is 20.2 Å². The summed E-state index contributed by atoms with van der Waals surface area (Å²) >= 11 is 0. The number of aromatic hydroxyl groups is 1. The predicted octanol–water partition coefficient (Wildman–Crippen LogP) is 6.77. The minimum absolute atomic E-state index is 0.0709. The Morgan fingerprint density at radius 3 is 2.45 bits per heavy atom. The van der Waals surface area contributed by atoms with Crippen molar-refractivity contribution >= 4 is 5.91 Å². The maximum absolute atomic E-state index is 14.3. The molecule has 2 aliphatic carbocycles. The number of hydrogen-bond acceptors (Lipinski definition) is 4. The fraction of sp³-hybridized carbons (Fsp3) is 0.486. The van der Waals surface area contributed by atoms with Crippen LogP contribution in [0.15, 0.2) is 78.9 Å². The summed E-state index contributed by atoms with van der Waals surface area (Å²) in [5.41, 5.74) is 3.17. The van der Waals surface area contributed by atoms with Gasteiger partial charge >= 0.3 is 0 Å². The van der Waals surface area contributed by atoms with E-state index in [1.54, 1.807) is 13.2 Å². The minimum atomic E-state index is -0.474. The van der Waals surface area contributed by atoms with Crippen LogP contribution in [-0.2, 0) is 22.0 Å². The van der Waals surface area contributed by atoms with Crippen molar-refractivity contribution in [2.45, 2.75) is 87.6 Å². The molecule has 3 aliphatic rings. The number of piperidine rings is 1. The van der Waals surface area contributed by atoms with Crippen molar-refractivity contribution in [2.24, 2.45) is 5.92 Å². The van der Waals surface area contributed by atoms with Gasteiger partial charge in [-0.05, 0) is 98.4 Å². The second-order valence-corrected chi connectivity index (χ2v) is 13.2. The summed E-state index contributed by atoms with van der Waals surface area (Å²) in [5.74, 6) is 1.74. The number of methoxy groups -OCH3 is 1. The van der Waals surface area contributed by atoms with E-state index in [4.69, 9.17) is 4.74 Å². The fourth-order valence-electron chi connectivity index (χ4n) is 8.50. The molecule has 0 unspecified atom stereocenters. The van der Waals surface area contributed by atoms with E-state index in [-0.39, 0.29) is 17.4 Å². The Morgan fingerprint density at radius 2 is 1.74 bits per heavy atom. The first-order valence-corrected chi connectivity index (χ1v) is 15.9. The Balaban J connectivity index is 1.25. The van der Waals surface area contributed by atoms with Crippen LogP contribution in [0.1, 0.15) is 75.0 Å². The van der Waals surface area contributed by atoms with Crippen LogP contribution in [0.25, 0.3) is 0 Å². The number of ether oxygens (including phenoxy) is 1. The summed E-state index contributed by atoms with van der Waals surface area (Å²) in [6, 6.07) is 27.3. The molecule has 5 heteroatoms. The maximum Gasteiger partial charge on any atom is 0.230 e. The molecule has 1 aliphatic heterocycles. The standard InChI is InChI=1S/C37H46N2O3/c1-27-26-39(21-9-12-28-10-4-3-5-11-28)32-23-31(24-37(27,25-32)30-13-8-14-33(40)22-30)38-35(41)36(19-6-7-20-36)29-15-17-34(42-2)18-16-29/h3-5,8,10-11,13-18,22,27,31-32,40H,6-7,9,12,19-21,23-26H2,1-2H3,(H,38,41)/t27-,31+,32+,37+/m0/s1. The molecule has 4 atom stereocenters. The Bertz CT molecular complexity index is 1350. The van der Waals surface area contributed by atoms with Gasteiger partial charge in [0.1, 0.15) is 11.5 Å². The molecule has 2 N–H and O–H groups in total. The van der Waals surface area contributed by atoms with Gasteiger partial charge < -0.3 is 15.2 Å². The topological polar surface area (TPSA) is 61.8 Å². The lowest BCUT2D eigenvalue weighted by Crippen LogP contribution is -2.62. The summed E-state index contributed by atoms with van der Waals surface area (Å²) in [6.45, 7) is 4.49. The molecular weight excluding hydrogens is 520 g/mol. The quantitative estimate of drug-likeness (QED) is 0.300. The van der Waals surface area contributed by atoms with Crippen LogP contribution >= 0.6 is 0 Å². The third kappa shape index (κ3) is 5.56. The highest BCUT2D eigenvalue weighted by molar-refractivity contribution is 5.89. The number of aryl methyl sites for hydroxylation is 1. The molecule has 1 amide bonds. The molecule has 222 valence electrons. The van der Waals surface area contributed by atoms with Crippen LogP contribution in [0.3, 0.4) is 0 Å². The van der Waals surface area contributed by atoms with Crippen molar-refractivity contribution in [3.05, 3.63) is 95.6 Å². The first-order chi connectivity index (χ1) is 20.4. The molecule has 3 aromatic rings. The van der Waals surface area contributed by atoms with Crippen LogP contribution < -0.4 is 10.1 Å². The average molecular weight is 567 g/mol. The number of carbonyl (C=O) groups is 1. The van der Waals surface area contributed by atoms with Crippen molar-refractivity contribution in [3.63, 3.8) is 0 Å². The maximum atomic E-state index is 14.3. The molecule has 3 fully saturated rings. The van der Waals surface area contributed by atoms with Gasteiger partial charge in [-0.25, -0.2) is 0 Å². The third-order valence-electron chi connectivity index (χ3n) is 10.8. The number of rotatable bonds is 9. The van der Waals surface area contributed by atoms with Crippen molar-refractivity contribution in [3.8, 4) is 11.5 Å². The van der Waals surface area contributed by atoms with E-state index in [9.17, 15) is 9.90 Å². The number of phenols is 1. The summed E-state index contributed by atoms with van der Waals surface area (Å²) in [7, 11) is 1.68. The highest BCUT2D eigenvalue weighted by atomic mass is 16.5. The number of benzene rings is 3. The number of carbonyl (C=O) groups excluding carboxylic acids is 1. The van der Waals surface area contributed by atoms with E-state index in [0.29, 0.717) is 17.7 Å². The zero-order valence-electron chi connectivity index (χ0n) is 25.2. The van der Waals surface area contributed by atoms with E-state index in [1.165, 1.54) is 11.1 Å². The lowest BCUT2D eigenvalue weighted by Gasteiger charge is -2.57. The smallest absolute Gasteiger partial charge is 0.230 e. The molecule has 0 spiro atoms. The molecule has 0 radical (unpaired) electrons. The molecule has 2 bridgehead atoms. The third-order valence-corrected chi connectivity index (χ3v) is 10.8. The summed E-state index contributed by atoms with van der Waals surface area (Å²) in [5, 5.41) is 14.1. The largest absolute Gasteiger partial charge is 0.508 e. The summed E-state index contributed by atoms with van der Waals surface area (Å²) < 4.78 is 5.40. The number of phenolic OH excluding ortho intramolecular Hbond substituents is 1. The molecule has 3 aromatic carbocycles. The Labute approximate surface area is 251 Å². The average Bonchev–Trinajstić information content (AvgIpc) is 3.52. The lowest BCUT2D eigenvalue weighted by atomic mass is 9.57. The molecule has 0 aromatic heterocycles. The van der Waals surface area contributed by atoms with Gasteiger partial charge in [0.15, 0.2) is 0 Å². The van der Waals surface area contributed by atoms with E-state index < -0.39 is 5.41 Å². The molecule has 1 saturated heterocycles. The van der Waals surface area contributed by atoms with E-state index in [2.05, 4.69) is 65.7 Å². The van der Waals surface area contributed by atoms with Gasteiger partial charge in [-0.15, -0.1) is 0 Å². The Hall–Kier alpha value is -3.31. The number of likely N-dealkylation sites (tertiary alicyclic amines) is 1. The monoisotopic (exact) mass is 566 g/mol. The van der Waals surface area contributed by atoms with Crippen LogP contribution in [0.4, 0.5) is 0 Å². The number of hydrogen-bond donors (Lipinski definition) is 2. The minimum Gasteiger partial charge on any atom is -0.508 e. The van der Waals surface area contributed by atoms with Gasteiger partial charge in [-0.1, -0.05) is 74.4 Å². The molecular formula is C37H46N2O3. The second kappa shape index (κ2) is 12.1. The predicted molar refractivity (Wildman–Crippen MR) is 168 cm³/mol. The molecule has 42 heavy (non-hydrogen) atoms. The van der Waals surface area contributed by atoms with Crippen LogP contribution in [-0.4, -0.2) is 48.2 Å².